The minimum absolute atomic E-state index is 0.821. The summed E-state index contributed by atoms with van der Waals surface area (Å²) in [5.74, 6) is 1.85. The second-order valence-corrected chi connectivity index (χ2v) is 9.67. The molecule has 0 spiro atoms. The number of hydrogen-bond donors (Lipinski definition) is 1. The summed E-state index contributed by atoms with van der Waals surface area (Å²) in [5, 5.41) is 11.4. The molecule has 0 bridgehead atoms. The molecule has 1 N–H and O–H groups in total. The number of benzene rings is 4. The summed E-state index contributed by atoms with van der Waals surface area (Å²) in [4.78, 5) is 2.35. The van der Waals surface area contributed by atoms with Crippen molar-refractivity contribution >= 4 is 23.5 Å². The first-order valence-electron chi connectivity index (χ1n) is 10.6. The van der Waals surface area contributed by atoms with Crippen molar-refractivity contribution in [3.05, 3.63) is 144 Å². The first-order valence-corrected chi connectivity index (χ1v) is 12.5. The van der Waals surface area contributed by atoms with E-state index in [9.17, 15) is 5.11 Å². The van der Waals surface area contributed by atoms with Gasteiger partial charge in [0.05, 0.1) is 0 Å². The standard InChI is InChI=1S/C29H26OS2/c1-2-29(30,25-13-17-27(18-14-25)31-21-23-9-5-3-6-10-23)26-15-19-28(20-16-26)32-22-24-11-7-4-8-12-24/h2-20,30H,1,21-22H2. The molecule has 0 atom stereocenters. The molecule has 0 radical (unpaired) electrons. The molecule has 4 aromatic carbocycles. The van der Waals surface area contributed by atoms with Crippen molar-refractivity contribution in [3.63, 3.8) is 0 Å². The maximum absolute atomic E-state index is 11.4. The predicted octanol–water partition coefficient (Wildman–Crippen LogP) is 7.69. The first kappa shape index (κ1) is 22.5. The van der Waals surface area contributed by atoms with Crippen LogP contribution < -0.4 is 0 Å². The zero-order chi connectivity index (χ0) is 22.2. The van der Waals surface area contributed by atoms with Crippen LogP contribution in [0.25, 0.3) is 0 Å². The van der Waals surface area contributed by atoms with Crippen LogP contribution in [0, 0.1) is 0 Å². The van der Waals surface area contributed by atoms with Crippen molar-refractivity contribution in [2.45, 2.75) is 26.9 Å². The molecule has 4 aromatic rings. The molecule has 0 aliphatic rings. The van der Waals surface area contributed by atoms with Gasteiger partial charge in [0.2, 0.25) is 0 Å². The van der Waals surface area contributed by atoms with Crippen LogP contribution in [0.3, 0.4) is 0 Å². The van der Waals surface area contributed by atoms with Crippen molar-refractivity contribution < 1.29 is 5.11 Å². The topological polar surface area (TPSA) is 20.2 Å². The number of thioether (sulfide) groups is 2. The summed E-state index contributed by atoms with van der Waals surface area (Å²) >= 11 is 3.58. The van der Waals surface area contributed by atoms with E-state index in [-0.39, 0.29) is 0 Å². The van der Waals surface area contributed by atoms with E-state index in [1.54, 1.807) is 29.6 Å². The highest BCUT2D eigenvalue weighted by Crippen LogP contribution is 2.34. The van der Waals surface area contributed by atoms with Gasteiger partial charge < -0.3 is 5.11 Å². The minimum atomic E-state index is -1.22. The molecule has 160 valence electrons. The molecule has 0 aliphatic carbocycles. The highest BCUT2D eigenvalue weighted by molar-refractivity contribution is 7.98. The van der Waals surface area contributed by atoms with Crippen LogP contribution in [-0.2, 0) is 17.1 Å². The van der Waals surface area contributed by atoms with E-state index in [4.69, 9.17) is 0 Å². The fraction of sp³-hybridized carbons (Fsp3) is 0.103. The third kappa shape index (κ3) is 5.55. The van der Waals surface area contributed by atoms with Crippen LogP contribution in [0.4, 0.5) is 0 Å². The van der Waals surface area contributed by atoms with Gasteiger partial charge in [0, 0.05) is 21.3 Å². The molecule has 0 amide bonds. The highest BCUT2D eigenvalue weighted by atomic mass is 32.2. The molecule has 0 saturated carbocycles. The molecule has 1 nitrogen and oxygen atoms in total. The first-order chi connectivity index (χ1) is 15.7. The van der Waals surface area contributed by atoms with Gasteiger partial charge >= 0.3 is 0 Å². The summed E-state index contributed by atoms with van der Waals surface area (Å²) in [6.07, 6.45) is 1.62. The average molecular weight is 455 g/mol. The fourth-order valence-corrected chi connectivity index (χ4v) is 5.20. The fourth-order valence-electron chi connectivity index (χ4n) is 3.49. The van der Waals surface area contributed by atoms with Gasteiger partial charge in [-0.05, 0) is 46.5 Å². The van der Waals surface area contributed by atoms with Crippen molar-refractivity contribution in [1.82, 2.24) is 0 Å². The Morgan fingerprint density at radius 1 is 0.594 bits per heavy atom. The van der Waals surface area contributed by atoms with Gasteiger partial charge in [-0.15, -0.1) is 23.5 Å². The van der Waals surface area contributed by atoms with Gasteiger partial charge in [0.25, 0.3) is 0 Å². The number of hydrogen-bond acceptors (Lipinski definition) is 3. The molecule has 4 rings (SSSR count). The third-order valence-corrected chi connectivity index (χ3v) is 7.55. The second-order valence-electron chi connectivity index (χ2n) is 7.57. The van der Waals surface area contributed by atoms with Gasteiger partial charge in [0.1, 0.15) is 5.60 Å². The van der Waals surface area contributed by atoms with E-state index in [1.807, 2.05) is 36.4 Å². The lowest BCUT2D eigenvalue weighted by atomic mass is 9.86. The maximum Gasteiger partial charge on any atom is 0.133 e. The summed E-state index contributed by atoms with van der Waals surface area (Å²) in [6, 6.07) is 37.1. The maximum atomic E-state index is 11.4. The summed E-state index contributed by atoms with van der Waals surface area (Å²) in [7, 11) is 0. The second kappa shape index (κ2) is 10.7. The highest BCUT2D eigenvalue weighted by Gasteiger charge is 2.27. The van der Waals surface area contributed by atoms with Gasteiger partial charge in [0.15, 0.2) is 0 Å². The van der Waals surface area contributed by atoms with Crippen molar-refractivity contribution in [1.29, 1.82) is 0 Å². The molecule has 0 aliphatic heterocycles. The Hall–Kier alpha value is -2.72. The summed E-state index contributed by atoms with van der Waals surface area (Å²) < 4.78 is 0. The molecule has 0 unspecified atom stereocenters. The number of rotatable bonds is 9. The van der Waals surface area contributed by atoms with E-state index < -0.39 is 5.60 Å². The smallest absolute Gasteiger partial charge is 0.133 e. The molecule has 32 heavy (non-hydrogen) atoms. The van der Waals surface area contributed by atoms with E-state index in [2.05, 4.69) is 79.4 Å². The zero-order valence-electron chi connectivity index (χ0n) is 17.9. The molecule has 0 aromatic heterocycles. The largest absolute Gasteiger partial charge is 0.377 e. The molecule has 0 heterocycles. The van der Waals surface area contributed by atoms with E-state index >= 15 is 0 Å². The Bertz CT molecular complexity index is 1030. The van der Waals surface area contributed by atoms with Crippen LogP contribution in [0.2, 0.25) is 0 Å². The van der Waals surface area contributed by atoms with E-state index in [1.165, 1.54) is 20.9 Å². The minimum Gasteiger partial charge on any atom is -0.377 e. The Kier molecular flexibility index (Phi) is 7.54. The third-order valence-electron chi connectivity index (χ3n) is 5.38. The molecular weight excluding hydrogens is 428 g/mol. The van der Waals surface area contributed by atoms with Crippen LogP contribution in [0.1, 0.15) is 22.3 Å². The SMILES string of the molecule is C=CC(O)(c1ccc(SCc2ccccc2)cc1)c1ccc(SCc2ccccc2)cc1. The van der Waals surface area contributed by atoms with Crippen LogP contribution in [0.15, 0.2) is 132 Å². The molecule has 0 saturated heterocycles. The molecule has 0 fully saturated rings. The normalized spacial score (nSPS) is 11.3. The van der Waals surface area contributed by atoms with Crippen LogP contribution in [0.5, 0.6) is 0 Å². The monoisotopic (exact) mass is 454 g/mol. The lowest BCUT2D eigenvalue weighted by Crippen LogP contribution is -2.24. The van der Waals surface area contributed by atoms with Crippen molar-refractivity contribution in [2.24, 2.45) is 0 Å². The Morgan fingerprint density at radius 3 is 1.31 bits per heavy atom. The van der Waals surface area contributed by atoms with E-state index in [0.717, 1.165) is 22.6 Å². The summed E-state index contributed by atoms with van der Waals surface area (Å²) in [5.41, 5.74) is 3.02. The van der Waals surface area contributed by atoms with Crippen LogP contribution >= 0.6 is 23.5 Å². The lowest BCUT2D eigenvalue weighted by Gasteiger charge is -2.26. The Morgan fingerprint density at radius 2 is 0.969 bits per heavy atom. The average Bonchev–Trinajstić information content (AvgIpc) is 2.87. The lowest BCUT2D eigenvalue weighted by molar-refractivity contribution is 0.135. The van der Waals surface area contributed by atoms with Gasteiger partial charge in [-0.3, -0.25) is 0 Å². The van der Waals surface area contributed by atoms with Gasteiger partial charge in [-0.2, -0.15) is 0 Å². The zero-order valence-corrected chi connectivity index (χ0v) is 19.5. The molecule has 3 heteroatoms. The van der Waals surface area contributed by atoms with Gasteiger partial charge in [-0.25, -0.2) is 0 Å². The predicted molar refractivity (Wildman–Crippen MR) is 138 cm³/mol. The Balaban J connectivity index is 1.43. The molecular formula is C29H26OS2. The quantitative estimate of drug-likeness (QED) is 0.207. The van der Waals surface area contributed by atoms with Gasteiger partial charge in [-0.1, -0.05) is 97.6 Å². The number of aliphatic hydroxyl groups is 1. The van der Waals surface area contributed by atoms with Crippen molar-refractivity contribution in [3.8, 4) is 0 Å². The van der Waals surface area contributed by atoms with Crippen molar-refractivity contribution in [2.75, 3.05) is 0 Å². The summed E-state index contributed by atoms with van der Waals surface area (Å²) in [6.45, 7) is 3.92. The van der Waals surface area contributed by atoms with E-state index in [0.29, 0.717) is 0 Å². The Labute approximate surface area is 199 Å². The van der Waals surface area contributed by atoms with Crippen LogP contribution in [-0.4, -0.2) is 5.11 Å².